The van der Waals surface area contributed by atoms with Gasteiger partial charge in [0.2, 0.25) is 10.0 Å². The van der Waals surface area contributed by atoms with E-state index in [1.807, 2.05) is 0 Å². The predicted octanol–water partition coefficient (Wildman–Crippen LogP) is 0.693. The van der Waals surface area contributed by atoms with Gasteiger partial charge >= 0.3 is 0 Å². The normalized spacial score (nSPS) is 15.1. The van der Waals surface area contributed by atoms with E-state index in [1.165, 1.54) is 12.1 Å². The van der Waals surface area contributed by atoms with Crippen LogP contribution in [-0.2, 0) is 10.0 Å². The van der Waals surface area contributed by atoms with Crippen molar-refractivity contribution in [1.29, 1.82) is 0 Å². The van der Waals surface area contributed by atoms with Gasteiger partial charge in [-0.25, -0.2) is 13.6 Å². The van der Waals surface area contributed by atoms with E-state index in [2.05, 4.69) is 0 Å². The van der Waals surface area contributed by atoms with Crippen LogP contribution in [-0.4, -0.2) is 19.4 Å². The molecule has 100 valence electrons. The molecule has 0 aliphatic carbocycles. The number of hydrogen-bond acceptors (Lipinski definition) is 5. The quantitative estimate of drug-likeness (QED) is 0.615. The molecule has 1 aromatic carbocycles. The summed E-state index contributed by atoms with van der Waals surface area (Å²) < 4.78 is 22.3. The largest absolute Gasteiger partial charge is 0.327 e. The third-order valence-electron chi connectivity index (χ3n) is 2.81. The van der Waals surface area contributed by atoms with Gasteiger partial charge in [-0.1, -0.05) is 13.0 Å². The molecule has 2 unspecified atom stereocenters. The Balaban J connectivity index is 3.43. The summed E-state index contributed by atoms with van der Waals surface area (Å²) in [7, 11) is -3.96. The minimum atomic E-state index is -3.96. The number of nitro benzene ring substituents is 1. The molecule has 1 rings (SSSR count). The molecule has 0 amide bonds. The monoisotopic (exact) mass is 273 g/mol. The molecule has 0 aliphatic rings. The first-order valence-electron chi connectivity index (χ1n) is 5.21. The molecule has 0 fully saturated rings. The minimum absolute atomic E-state index is 0.264. The van der Waals surface area contributed by atoms with E-state index in [0.29, 0.717) is 5.56 Å². The van der Waals surface area contributed by atoms with E-state index in [-0.39, 0.29) is 22.5 Å². The summed E-state index contributed by atoms with van der Waals surface area (Å²) >= 11 is 0. The van der Waals surface area contributed by atoms with Crippen LogP contribution in [0.5, 0.6) is 0 Å². The topological polar surface area (TPSA) is 129 Å². The van der Waals surface area contributed by atoms with Crippen LogP contribution in [0.1, 0.15) is 25.3 Å². The van der Waals surface area contributed by atoms with E-state index in [9.17, 15) is 18.5 Å². The molecule has 0 saturated carbocycles. The lowest BCUT2D eigenvalue weighted by Crippen LogP contribution is -2.23. The van der Waals surface area contributed by atoms with Gasteiger partial charge in [-0.3, -0.25) is 10.1 Å². The van der Waals surface area contributed by atoms with Gasteiger partial charge in [-0.2, -0.15) is 0 Å². The molecule has 0 heterocycles. The maximum atomic E-state index is 11.2. The maximum Gasteiger partial charge on any atom is 0.274 e. The van der Waals surface area contributed by atoms with E-state index in [0.717, 1.165) is 6.07 Å². The van der Waals surface area contributed by atoms with Gasteiger partial charge < -0.3 is 5.73 Å². The summed E-state index contributed by atoms with van der Waals surface area (Å²) in [6.07, 6.45) is 0. The molecule has 7 nitrogen and oxygen atoms in total. The Bertz CT molecular complexity index is 568. The molecule has 0 aliphatic heterocycles. The Morgan fingerprint density at radius 2 is 1.89 bits per heavy atom. The molecule has 4 N–H and O–H groups in total. The Kier molecular flexibility index (Phi) is 4.05. The Morgan fingerprint density at radius 1 is 1.33 bits per heavy atom. The van der Waals surface area contributed by atoms with Gasteiger partial charge in [0.25, 0.3) is 5.69 Å². The Morgan fingerprint density at radius 3 is 2.28 bits per heavy atom. The summed E-state index contributed by atoms with van der Waals surface area (Å²) in [5.41, 5.74) is 5.80. The molecular formula is C10H15N3O4S. The average molecular weight is 273 g/mol. The van der Waals surface area contributed by atoms with E-state index in [1.54, 1.807) is 13.8 Å². The second-order valence-electron chi connectivity index (χ2n) is 4.17. The van der Waals surface area contributed by atoms with Gasteiger partial charge in [-0.15, -0.1) is 0 Å². The summed E-state index contributed by atoms with van der Waals surface area (Å²) in [6, 6.07) is 3.30. The number of nitro groups is 1. The van der Waals surface area contributed by atoms with Crippen molar-refractivity contribution >= 4 is 15.7 Å². The fourth-order valence-electron chi connectivity index (χ4n) is 1.53. The van der Waals surface area contributed by atoms with Crippen LogP contribution in [0.3, 0.4) is 0 Å². The first kappa shape index (κ1) is 14.6. The molecule has 0 saturated heterocycles. The second-order valence-corrected chi connectivity index (χ2v) is 5.73. The Labute approximate surface area is 105 Å². The van der Waals surface area contributed by atoms with Gasteiger partial charge in [-0.05, 0) is 13.0 Å². The minimum Gasteiger partial charge on any atom is -0.327 e. The van der Waals surface area contributed by atoms with Crippen LogP contribution >= 0.6 is 0 Å². The van der Waals surface area contributed by atoms with Crippen molar-refractivity contribution in [3.8, 4) is 0 Å². The maximum absolute atomic E-state index is 11.2. The van der Waals surface area contributed by atoms with Gasteiger partial charge in [0.15, 0.2) is 0 Å². The second kappa shape index (κ2) is 5.01. The summed E-state index contributed by atoms with van der Waals surface area (Å²) in [4.78, 5) is 10.0. The number of hydrogen-bond donors (Lipinski definition) is 2. The molecule has 2 atom stereocenters. The van der Waals surface area contributed by atoms with Crippen LogP contribution < -0.4 is 10.9 Å². The van der Waals surface area contributed by atoms with Crippen molar-refractivity contribution in [2.24, 2.45) is 10.9 Å². The molecular weight excluding hydrogens is 258 g/mol. The van der Waals surface area contributed by atoms with Crippen LogP contribution in [0.25, 0.3) is 0 Å². The summed E-state index contributed by atoms with van der Waals surface area (Å²) in [6.45, 7) is 3.46. The number of nitrogens with zero attached hydrogens (tertiary/aromatic N) is 1. The fraction of sp³-hybridized carbons (Fsp3) is 0.400. The zero-order valence-corrected chi connectivity index (χ0v) is 10.8. The van der Waals surface area contributed by atoms with Crippen molar-refractivity contribution in [2.75, 3.05) is 0 Å². The lowest BCUT2D eigenvalue weighted by atomic mass is 9.93. The highest BCUT2D eigenvalue weighted by Gasteiger charge is 2.24. The predicted molar refractivity (Wildman–Crippen MR) is 66.5 cm³/mol. The number of rotatable bonds is 4. The first-order valence-corrected chi connectivity index (χ1v) is 6.76. The number of primary sulfonamides is 1. The van der Waals surface area contributed by atoms with E-state index >= 15 is 0 Å². The van der Waals surface area contributed by atoms with Crippen LogP contribution in [0.2, 0.25) is 0 Å². The fourth-order valence-corrected chi connectivity index (χ4v) is 2.06. The lowest BCUT2D eigenvalue weighted by Gasteiger charge is -2.16. The molecule has 18 heavy (non-hydrogen) atoms. The lowest BCUT2D eigenvalue weighted by molar-refractivity contribution is -0.386. The van der Waals surface area contributed by atoms with E-state index < -0.39 is 14.9 Å². The Hall–Kier alpha value is -1.51. The first-order chi connectivity index (χ1) is 8.14. The molecule has 0 aromatic heterocycles. The van der Waals surface area contributed by atoms with Crippen molar-refractivity contribution in [3.63, 3.8) is 0 Å². The third-order valence-corrected chi connectivity index (χ3v) is 3.72. The average Bonchev–Trinajstić information content (AvgIpc) is 2.25. The van der Waals surface area contributed by atoms with Crippen molar-refractivity contribution in [1.82, 2.24) is 0 Å². The van der Waals surface area contributed by atoms with Crippen LogP contribution in [0, 0.1) is 10.1 Å². The number of sulfonamides is 1. The standard InChI is InChI=1S/C10H15N3O4S/c1-6(7(2)11)9-4-3-8(18(12,16)17)5-10(9)13(14)15/h3-7H,11H2,1-2H3,(H2,12,16,17). The zero-order valence-electron chi connectivity index (χ0n) is 10.0. The molecule has 0 bridgehead atoms. The van der Waals surface area contributed by atoms with E-state index in [4.69, 9.17) is 10.9 Å². The van der Waals surface area contributed by atoms with Gasteiger partial charge in [0.05, 0.1) is 9.82 Å². The summed E-state index contributed by atoms with van der Waals surface area (Å²) in [5.74, 6) is -0.264. The molecule has 0 spiro atoms. The smallest absolute Gasteiger partial charge is 0.274 e. The molecule has 0 radical (unpaired) electrons. The van der Waals surface area contributed by atoms with Gasteiger partial charge in [0, 0.05) is 23.6 Å². The van der Waals surface area contributed by atoms with Gasteiger partial charge in [0.1, 0.15) is 0 Å². The molecule has 1 aromatic rings. The van der Waals surface area contributed by atoms with Crippen molar-refractivity contribution in [2.45, 2.75) is 30.7 Å². The van der Waals surface area contributed by atoms with Crippen LogP contribution in [0.15, 0.2) is 23.1 Å². The highest BCUT2D eigenvalue weighted by Crippen LogP contribution is 2.30. The van der Waals surface area contributed by atoms with Crippen molar-refractivity contribution < 1.29 is 13.3 Å². The van der Waals surface area contributed by atoms with Crippen LogP contribution in [0.4, 0.5) is 5.69 Å². The molecule has 8 heteroatoms. The highest BCUT2D eigenvalue weighted by atomic mass is 32.2. The number of nitrogens with two attached hydrogens (primary N) is 2. The summed E-state index contributed by atoms with van der Waals surface area (Å²) in [5, 5.41) is 15.9. The third kappa shape index (κ3) is 3.03. The highest BCUT2D eigenvalue weighted by molar-refractivity contribution is 7.89. The van der Waals surface area contributed by atoms with Crippen molar-refractivity contribution in [3.05, 3.63) is 33.9 Å². The SMILES string of the molecule is CC(N)C(C)c1ccc(S(N)(=O)=O)cc1[N+](=O)[O-]. The number of benzene rings is 1. The zero-order chi connectivity index (χ0) is 14.1.